The van der Waals surface area contributed by atoms with Gasteiger partial charge in [-0.1, -0.05) is 29.8 Å². The van der Waals surface area contributed by atoms with Gasteiger partial charge in [0.15, 0.2) is 5.96 Å². The number of benzene rings is 2. The zero-order valence-corrected chi connectivity index (χ0v) is 15.3. The van der Waals surface area contributed by atoms with Gasteiger partial charge in [-0.25, -0.2) is 4.39 Å². The van der Waals surface area contributed by atoms with Crippen LogP contribution >= 0.6 is 0 Å². The maximum atomic E-state index is 13.7. The molecule has 0 bridgehead atoms. The summed E-state index contributed by atoms with van der Waals surface area (Å²) in [5, 5.41) is 6.56. The van der Waals surface area contributed by atoms with Crippen molar-refractivity contribution in [1.29, 1.82) is 0 Å². The summed E-state index contributed by atoms with van der Waals surface area (Å²) >= 11 is 0. The topological polar surface area (TPSA) is 45.7 Å². The first kappa shape index (κ1) is 18.9. The van der Waals surface area contributed by atoms with Gasteiger partial charge in [-0.05, 0) is 42.7 Å². The maximum absolute atomic E-state index is 13.7. The zero-order valence-electron chi connectivity index (χ0n) is 15.3. The van der Waals surface area contributed by atoms with Crippen LogP contribution in [0.4, 0.5) is 4.39 Å². The van der Waals surface area contributed by atoms with Crippen LogP contribution in [0.25, 0.3) is 0 Å². The van der Waals surface area contributed by atoms with Crippen LogP contribution in [0.15, 0.2) is 41.4 Å². The van der Waals surface area contributed by atoms with Crippen molar-refractivity contribution in [3.8, 4) is 0 Å². The number of nitrogens with zero attached hydrogens (tertiary/aromatic N) is 1. The molecule has 2 N–H and O–H groups in total. The van der Waals surface area contributed by atoms with E-state index in [0.717, 1.165) is 5.56 Å². The van der Waals surface area contributed by atoms with E-state index in [9.17, 15) is 4.39 Å². The van der Waals surface area contributed by atoms with Gasteiger partial charge in [0.1, 0.15) is 5.82 Å². The van der Waals surface area contributed by atoms with Gasteiger partial charge < -0.3 is 15.4 Å². The smallest absolute Gasteiger partial charge is 0.191 e. The number of halogens is 1. The number of ether oxygens (including phenoxy) is 1. The predicted molar refractivity (Wildman–Crippen MR) is 100 cm³/mol. The van der Waals surface area contributed by atoms with Crippen LogP contribution in [0, 0.1) is 19.7 Å². The van der Waals surface area contributed by atoms with Gasteiger partial charge in [-0.2, -0.15) is 0 Å². The Morgan fingerprint density at radius 1 is 1.04 bits per heavy atom. The fourth-order valence-corrected chi connectivity index (χ4v) is 2.63. The quantitative estimate of drug-likeness (QED) is 0.624. The summed E-state index contributed by atoms with van der Waals surface area (Å²) in [6, 6.07) is 11.4. The highest BCUT2D eigenvalue weighted by Crippen LogP contribution is 2.12. The Bertz CT molecular complexity index is 744. The summed E-state index contributed by atoms with van der Waals surface area (Å²) in [5.74, 6) is 0.459. The molecule has 2 aromatic carbocycles. The van der Waals surface area contributed by atoms with Gasteiger partial charge in [0.05, 0.1) is 6.61 Å². The van der Waals surface area contributed by atoms with Crippen LogP contribution in [-0.2, 0) is 24.4 Å². The van der Waals surface area contributed by atoms with Crippen LogP contribution in [0.3, 0.4) is 0 Å². The van der Waals surface area contributed by atoms with E-state index in [1.807, 2.05) is 6.07 Å². The number of aliphatic imine (C=N–C) groups is 1. The molecule has 0 aliphatic carbocycles. The molecular formula is C20H26FN3O. The molecule has 0 amide bonds. The summed E-state index contributed by atoms with van der Waals surface area (Å²) in [6.07, 6.45) is 0. The second-order valence-electron chi connectivity index (χ2n) is 6.07. The third-order valence-electron chi connectivity index (χ3n) is 4.04. The molecular weight excluding hydrogens is 317 g/mol. The molecule has 0 unspecified atom stereocenters. The van der Waals surface area contributed by atoms with Crippen LogP contribution in [0.5, 0.6) is 0 Å². The second kappa shape index (κ2) is 9.18. The standard InChI is InChI=1S/C20H26FN3O/c1-14-5-7-17(15(2)9-14)12-24-20(22-3)23-11-16-6-8-19(21)18(10-16)13-25-4/h5-10H,11-13H2,1-4H3,(H2,22,23,24). The molecule has 2 aromatic rings. The van der Waals surface area contributed by atoms with Crippen molar-refractivity contribution in [2.75, 3.05) is 14.2 Å². The van der Waals surface area contributed by atoms with Crippen molar-refractivity contribution >= 4 is 5.96 Å². The molecule has 0 aliphatic rings. The van der Waals surface area contributed by atoms with Crippen molar-refractivity contribution in [3.05, 3.63) is 70.0 Å². The molecule has 25 heavy (non-hydrogen) atoms. The molecule has 0 radical (unpaired) electrons. The first-order valence-corrected chi connectivity index (χ1v) is 8.30. The number of rotatable bonds is 6. The maximum Gasteiger partial charge on any atom is 0.191 e. The average Bonchev–Trinajstić information content (AvgIpc) is 2.59. The van der Waals surface area contributed by atoms with Crippen LogP contribution < -0.4 is 10.6 Å². The third-order valence-corrected chi connectivity index (χ3v) is 4.04. The highest BCUT2D eigenvalue weighted by molar-refractivity contribution is 5.79. The van der Waals surface area contributed by atoms with Crippen molar-refractivity contribution in [2.45, 2.75) is 33.5 Å². The van der Waals surface area contributed by atoms with Crippen molar-refractivity contribution < 1.29 is 9.13 Å². The summed E-state index contributed by atoms with van der Waals surface area (Å²) in [7, 11) is 3.29. The Labute approximate surface area is 149 Å². The number of hydrogen-bond acceptors (Lipinski definition) is 2. The number of methoxy groups -OCH3 is 1. The highest BCUT2D eigenvalue weighted by atomic mass is 19.1. The molecule has 0 atom stereocenters. The van der Waals surface area contributed by atoms with Gasteiger partial charge in [0, 0.05) is 32.8 Å². The minimum Gasteiger partial charge on any atom is -0.380 e. The monoisotopic (exact) mass is 343 g/mol. The Kier molecular flexibility index (Phi) is 6.95. The van der Waals surface area contributed by atoms with Crippen LogP contribution in [-0.4, -0.2) is 20.1 Å². The van der Waals surface area contributed by atoms with E-state index in [1.165, 1.54) is 22.8 Å². The second-order valence-corrected chi connectivity index (χ2v) is 6.07. The van der Waals surface area contributed by atoms with E-state index >= 15 is 0 Å². The van der Waals surface area contributed by atoms with Gasteiger partial charge in [-0.3, -0.25) is 4.99 Å². The fraction of sp³-hybridized carbons (Fsp3) is 0.350. The Balaban J connectivity index is 1.93. The Morgan fingerprint density at radius 3 is 2.48 bits per heavy atom. The van der Waals surface area contributed by atoms with Gasteiger partial charge in [-0.15, -0.1) is 0 Å². The lowest BCUT2D eigenvalue weighted by Gasteiger charge is -2.14. The minimum absolute atomic E-state index is 0.247. The van der Waals surface area contributed by atoms with E-state index < -0.39 is 0 Å². The minimum atomic E-state index is -0.247. The summed E-state index contributed by atoms with van der Waals surface area (Å²) in [5.41, 5.74) is 5.28. The fourth-order valence-electron chi connectivity index (χ4n) is 2.63. The predicted octanol–water partition coefficient (Wildman–Crippen LogP) is 3.45. The Hall–Kier alpha value is -2.40. The highest BCUT2D eigenvalue weighted by Gasteiger charge is 2.05. The summed E-state index contributed by atoms with van der Waals surface area (Å²) in [4.78, 5) is 4.24. The molecule has 0 spiro atoms. The SMILES string of the molecule is CN=C(NCc1ccc(F)c(COC)c1)NCc1ccc(C)cc1C. The molecule has 5 heteroatoms. The summed E-state index contributed by atoms with van der Waals surface area (Å²) < 4.78 is 18.7. The molecule has 0 aliphatic heterocycles. The number of hydrogen-bond donors (Lipinski definition) is 2. The number of aryl methyl sites for hydroxylation is 2. The van der Waals surface area contributed by atoms with Crippen molar-refractivity contribution in [2.24, 2.45) is 4.99 Å². The molecule has 0 fully saturated rings. The first-order chi connectivity index (χ1) is 12.0. The molecule has 0 saturated heterocycles. The van der Waals surface area contributed by atoms with Crippen molar-refractivity contribution in [3.63, 3.8) is 0 Å². The van der Waals surface area contributed by atoms with E-state index in [1.54, 1.807) is 20.2 Å². The normalized spacial score (nSPS) is 11.5. The van der Waals surface area contributed by atoms with E-state index in [2.05, 4.69) is 47.7 Å². The van der Waals surface area contributed by atoms with E-state index in [4.69, 9.17) is 4.74 Å². The molecule has 4 nitrogen and oxygen atoms in total. The van der Waals surface area contributed by atoms with Crippen LogP contribution in [0.2, 0.25) is 0 Å². The average molecular weight is 343 g/mol. The molecule has 134 valence electrons. The lowest BCUT2D eigenvalue weighted by molar-refractivity contribution is 0.181. The first-order valence-electron chi connectivity index (χ1n) is 8.30. The van der Waals surface area contributed by atoms with E-state index in [0.29, 0.717) is 24.6 Å². The lowest BCUT2D eigenvalue weighted by Crippen LogP contribution is -2.36. The largest absolute Gasteiger partial charge is 0.380 e. The number of guanidine groups is 1. The van der Waals surface area contributed by atoms with Crippen LogP contribution in [0.1, 0.15) is 27.8 Å². The van der Waals surface area contributed by atoms with Crippen molar-refractivity contribution in [1.82, 2.24) is 10.6 Å². The number of nitrogens with one attached hydrogen (secondary N) is 2. The molecule has 0 aromatic heterocycles. The van der Waals surface area contributed by atoms with E-state index in [-0.39, 0.29) is 12.4 Å². The van der Waals surface area contributed by atoms with Gasteiger partial charge in [0.25, 0.3) is 0 Å². The zero-order chi connectivity index (χ0) is 18.2. The molecule has 0 saturated carbocycles. The molecule has 0 heterocycles. The van der Waals surface area contributed by atoms with Gasteiger partial charge in [0.2, 0.25) is 0 Å². The lowest BCUT2D eigenvalue weighted by atomic mass is 10.1. The Morgan fingerprint density at radius 2 is 1.80 bits per heavy atom. The third kappa shape index (κ3) is 5.57. The summed E-state index contributed by atoms with van der Waals surface area (Å²) in [6.45, 7) is 5.72. The van der Waals surface area contributed by atoms with Gasteiger partial charge >= 0.3 is 0 Å². The molecule has 2 rings (SSSR count).